The molecule has 1 aromatic carbocycles. The van der Waals surface area contributed by atoms with Gasteiger partial charge in [-0.3, -0.25) is 0 Å². The van der Waals surface area contributed by atoms with E-state index in [4.69, 9.17) is 16.3 Å². The maximum Gasteiger partial charge on any atom is 0.225 e. The SMILES string of the molecule is [O-][n+]1c2c(c(Br)c3cc(Cl)ccc31)COCC2. The number of benzene rings is 1. The van der Waals surface area contributed by atoms with Crippen LogP contribution < -0.4 is 4.73 Å². The van der Waals surface area contributed by atoms with Crippen molar-refractivity contribution in [2.24, 2.45) is 0 Å². The van der Waals surface area contributed by atoms with Gasteiger partial charge in [-0.05, 0) is 28.1 Å². The molecule has 1 aliphatic heterocycles. The van der Waals surface area contributed by atoms with Crippen molar-refractivity contribution >= 4 is 38.4 Å². The van der Waals surface area contributed by atoms with Crippen LogP contribution >= 0.6 is 27.5 Å². The van der Waals surface area contributed by atoms with Crippen molar-refractivity contribution in [3.05, 3.63) is 44.2 Å². The van der Waals surface area contributed by atoms with E-state index < -0.39 is 0 Å². The predicted octanol–water partition coefficient (Wildman–Crippen LogP) is 2.96. The Morgan fingerprint density at radius 2 is 2.24 bits per heavy atom. The Kier molecular flexibility index (Phi) is 2.73. The third-order valence-electron chi connectivity index (χ3n) is 3.00. The summed E-state index contributed by atoms with van der Waals surface area (Å²) < 4.78 is 7.30. The number of halogens is 2. The lowest BCUT2D eigenvalue weighted by Gasteiger charge is -2.19. The molecular weight excluding hydrogens is 305 g/mol. The van der Waals surface area contributed by atoms with Gasteiger partial charge in [0.25, 0.3) is 0 Å². The lowest BCUT2D eigenvalue weighted by atomic mass is 10.1. The van der Waals surface area contributed by atoms with Gasteiger partial charge in [0.05, 0.1) is 30.6 Å². The van der Waals surface area contributed by atoms with Crippen LogP contribution in [0.3, 0.4) is 0 Å². The molecule has 0 aliphatic carbocycles. The Hall–Kier alpha value is -0.840. The van der Waals surface area contributed by atoms with Gasteiger partial charge in [-0.1, -0.05) is 11.6 Å². The molecule has 3 rings (SSSR count). The van der Waals surface area contributed by atoms with E-state index in [9.17, 15) is 5.21 Å². The highest BCUT2D eigenvalue weighted by molar-refractivity contribution is 9.10. The molecule has 88 valence electrons. The zero-order chi connectivity index (χ0) is 12.0. The summed E-state index contributed by atoms with van der Waals surface area (Å²) in [5.74, 6) is 0. The minimum atomic E-state index is 0.473. The molecule has 2 heterocycles. The minimum absolute atomic E-state index is 0.473. The van der Waals surface area contributed by atoms with Gasteiger partial charge >= 0.3 is 0 Å². The summed E-state index contributed by atoms with van der Waals surface area (Å²) in [7, 11) is 0. The standard InChI is InChI=1S/C12H9BrClNO2/c13-12-8-5-7(14)1-2-10(8)15(16)11-3-4-17-6-9(11)12/h1-2,5H,3-4,6H2. The first-order chi connectivity index (χ1) is 8.18. The van der Waals surface area contributed by atoms with E-state index in [1.807, 2.05) is 0 Å². The van der Waals surface area contributed by atoms with Crippen molar-refractivity contribution < 1.29 is 9.47 Å². The number of fused-ring (bicyclic) bond motifs is 2. The number of aromatic nitrogens is 1. The Morgan fingerprint density at radius 1 is 1.41 bits per heavy atom. The van der Waals surface area contributed by atoms with Gasteiger partial charge in [0.2, 0.25) is 11.2 Å². The Bertz CT molecular complexity index is 615. The molecule has 0 radical (unpaired) electrons. The van der Waals surface area contributed by atoms with Gasteiger partial charge in [-0.15, -0.1) is 0 Å². The summed E-state index contributed by atoms with van der Waals surface area (Å²) in [4.78, 5) is 0. The number of pyridine rings is 1. The molecule has 0 saturated heterocycles. The van der Waals surface area contributed by atoms with Crippen molar-refractivity contribution in [2.75, 3.05) is 6.61 Å². The second-order valence-electron chi connectivity index (χ2n) is 4.00. The first kappa shape index (κ1) is 11.3. The molecule has 0 bridgehead atoms. The summed E-state index contributed by atoms with van der Waals surface area (Å²) >= 11 is 9.51. The van der Waals surface area contributed by atoms with Crippen LogP contribution in [0.15, 0.2) is 22.7 Å². The van der Waals surface area contributed by atoms with Crippen molar-refractivity contribution in [1.82, 2.24) is 0 Å². The maximum atomic E-state index is 12.2. The molecule has 0 unspecified atom stereocenters. The third-order valence-corrected chi connectivity index (χ3v) is 4.14. The minimum Gasteiger partial charge on any atom is -0.618 e. The molecule has 5 heteroatoms. The van der Waals surface area contributed by atoms with E-state index in [0.29, 0.717) is 30.2 Å². The van der Waals surface area contributed by atoms with Crippen LogP contribution in [0.2, 0.25) is 5.02 Å². The number of hydrogen-bond donors (Lipinski definition) is 0. The van der Waals surface area contributed by atoms with Gasteiger partial charge in [-0.25, -0.2) is 0 Å². The molecular formula is C12H9BrClNO2. The highest BCUT2D eigenvalue weighted by atomic mass is 79.9. The lowest BCUT2D eigenvalue weighted by molar-refractivity contribution is -0.587. The van der Waals surface area contributed by atoms with Crippen LogP contribution in [-0.4, -0.2) is 6.61 Å². The quantitative estimate of drug-likeness (QED) is 0.554. The molecule has 0 amide bonds. The highest BCUT2D eigenvalue weighted by Crippen LogP contribution is 2.31. The fourth-order valence-electron chi connectivity index (χ4n) is 2.16. The average molecular weight is 315 g/mol. The monoisotopic (exact) mass is 313 g/mol. The van der Waals surface area contributed by atoms with Gasteiger partial charge in [-0.2, -0.15) is 4.73 Å². The maximum absolute atomic E-state index is 12.2. The van der Waals surface area contributed by atoms with Crippen molar-refractivity contribution in [1.29, 1.82) is 0 Å². The number of nitrogens with zero attached hydrogens (tertiary/aromatic N) is 1. The molecule has 17 heavy (non-hydrogen) atoms. The summed E-state index contributed by atoms with van der Waals surface area (Å²) in [6, 6.07) is 5.28. The van der Waals surface area contributed by atoms with Gasteiger partial charge in [0.1, 0.15) is 0 Å². The largest absolute Gasteiger partial charge is 0.618 e. The third kappa shape index (κ3) is 1.71. The van der Waals surface area contributed by atoms with E-state index in [-0.39, 0.29) is 0 Å². The van der Waals surface area contributed by atoms with E-state index >= 15 is 0 Å². The number of hydrogen-bond acceptors (Lipinski definition) is 2. The van der Waals surface area contributed by atoms with Crippen molar-refractivity contribution in [2.45, 2.75) is 13.0 Å². The predicted molar refractivity (Wildman–Crippen MR) is 69.0 cm³/mol. The van der Waals surface area contributed by atoms with Crippen molar-refractivity contribution in [3.63, 3.8) is 0 Å². The van der Waals surface area contributed by atoms with Gasteiger partial charge < -0.3 is 9.94 Å². The molecule has 0 spiro atoms. The van der Waals surface area contributed by atoms with Gasteiger partial charge in [0, 0.05) is 15.6 Å². The van der Waals surface area contributed by atoms with E-state index in [1.165, 1.54) is 0 Å². The molecule has 1 aromatic heterocycles. The Balaban J connectivity index is 2.43. The van der Waals surface area contributed by atoms with Crippen LogP contribution in [0.5, 0.6) is 0 Å². The molecule has 3 nitrogen and oxygen atoms in total. The summed E-state index contributed by atoms with van der Waals surface area (Å²) in [6.45, 7) is 1.07. The smallest absolute Gasteiger partial charge is 0.225 e. The first-order valence-corrected chi connectivity index (χ1v) is 6.45. The zero-order valence-electron chi connectivity index (χ0n) is 8.87. The second kappa shape index (κ2) is 4.12. The fourth-order valence-corrected chi connectivity index (χ4v) is 2.99. The van der Waals surface area contributed by atoms with Crippen LogP contribution in [0, 0.1) is 5.21 Å². The van der Waals surface area contributed by atoms with E-state index in [2.05, 4.69) is 15.9 Å². The van der Waals surface area contributed by atoms with Crippen LogP contribution in [0.4, 0.5) is 0 Å². The lowest BCUT2D eigenvalue weighted by Crippen LogP contribution is -2.37. The van der Waals surface area contributed by atoms with Crippen molar-refractivity contribution in [3.8, 4) is 0 Å². The first-order valence-electron chi connectivity index (χ1n) is 5.28. The number of ether oxygens (including phenoxy) is 1. The van der Waals surface area contributed by atoms with Crippen LogP contribution in [-0.2, 0) is 17.8 Å². The topological polar surface area (TPSA) is 36.2 Å². The van der Waals surface area contributed by atoms with Crippen LogP contribution in [0.1, 0.15) is 11.3 Å². The molecule has 0 atom stereocenters. The normalized spacial score (nSPS) is 14.9. The Morgan fingerprint density at radius 3 is 3.06 bits per heavy atom. The van der Waals surface area contributed by atoms with Gasteiger partial charge in [0.15, 0.2) is 0 Å². The Labute approximate surface area is 112 Å². The molecule has 0 N–H and O–H groups in total. The molecule has 0 fully saturated rings. The molecule has 2 aromatic rings. The number of rotatable bonds is 0. The highest BCUT2D eigenvalue weighted by Gasteiger charge is 2.24. The molecule has 0 saturated carbocycles. The van der Waals surface area contributed by atoms with E-state index in [0.717, 1.165) is 25.8 Å². The van der Waals surface area contributed by atoms with Crippen LogP contribution in [0.25, 0.3) is 10.9 Å². The zero-order valence-corrected chi connectivity index (χ0v) is 11.2. The van der Waals surface area contributed by atoms with E-state index in [1.54, 1.807) is 18.2 Å². The average Bonchev–Trinajstić information content (AvgIpc) is 2.36. The fraction of sp³-hybridized carbons (Fsp3) is 0.250. The second-order valence-corrected chi connectivity index (χ2v) is 5.23. The molecule has 1 aliphatic rings. The summed E-state index contributed by atoms with van der Waals surface area (Å²) in [6.07, 6.45) is 0.649. The summed E-state index contributed by atoms with van der Waals surface area (Å²) in [5, 5.41) is 13.7. The summed E-state index contributed by atoms with van der Waals surface area (Å²) in [5.41, 5.74) is 2.36.